The minimum absolute atomic E-state index is 0.137. The van der Waals surface area contributed by atoms with Crippen LogP contribution in [0.15, 0.2) is 59.1 Å². The molecule has 0 saturated carbocycles. The predicted molar refractivity (Wildman–Crippen MR) is 90.6 cm³/mol. The van der Waals surface area contributed by atoms with Crippen LogP contribution in [0.2, 0.25) is 5.02 Å². The Labute approximate surface area is 144 Å². The number of rotatable bonds is 5. The molecule has 122 valence electrons. The Morgan fingerprint density at radius 1 is 1.17 bits per heavy atom. The second-order valence-electron chi connectivity index (χ2n) is 5.39. The number of hydrogen-bond donors (Lipinski definition) is 1. The van der Waals surface area contributed by atoms with Crippen molar-refractivity contribution >= 4 is 17.5 Å². The third-order valence-corrected chi connectivity index (χ3v) is 3.76. The number of halogens is 1. The summed E-state index contributed by atoms with van der Waals surface area (Å²) in [6, 6.07) is 16.2. The largest absolute Gasteiger partial charge is 0.340 e. The fraction of sp³-hybridized carbons (Fsp3) is 0.167. The number of carbonyl (C=O) groups excluding carboxylic acids is 1. The van der Waals surface area contributed by atoms with Crippen molar-refractivity contribution in [3.05, 3.63) is 82.5 Å². The molecule has 1 amide bonds. The molecular weight excluding hydrogens is 326 g/mol. The van der Waals surface area contributed by atoms with Crippen molar-refractivity contribution in [1.29, 1.82) is 0 Å². The van der Waals surface area contributed by atoms with Crippen LogP contribution >= 0.6 is 11.6 Å². The van der Waals surface area contributed by atoms with Crippen molar-refractivity contribution in [3.63, 3.8) is 0 Å². The zero-order valence-corrected chi connectivity index (χ0v) is 13.8. The maximum absolute atomic E-state index is 12.4. The summed E-state index contributed by atoms with van der Waals surface area (Å²) in [5.74, 6) is 0.753. The highest BCUT2D eigenvalue weighted by Gasteiger charge is 2.22. The van der Waals surface area contributed by atoms with Crippen molar-refractivity contribution in [2.75, 3.05) is 0 Å². The van der Waals surface area contributed by atoms with Crippen molar-refractivity contribution in [1.82, 2.24) is 15.5 Å². The summed E-state index contributed by atoms with van der Waals surface area (Å²) in [6.45, 7) is 1.74. The number of amides is 1. The summed E-state index contributed by atoms with van der Waals surface area (Å²) in [7, 11) is 0. The van der Waals surface area contributed by atoms with Crippen LogP contribution in [0.3, 0.4) is 0 Å². The normalized spacial score (nSPS) is 11.9. The maximum Gasteiger partial charge on any atom is 0.253 e. The zero-order chi connectivity index (χ0) is 16.9. The van der Waals surface area contributed by atoms with Gasteiger partial charge in [-0.2, -0.15) is 4.98 Å². The summed E-state index contributed by atoms with van der Waals surface area (Å²) < 4.78 is 5.25. The number of hydrogen-bond acceptors (Lipinski definition) is 4. The number of carbonyl (C=O) groups is 1. The van der Waals surface area contributed by atoms with E-state index < -0.39 is 6.04 Å². The van der Waals surface area contributed by atoms with Gasteiger partial charge < -0.3 is 9.84 Å². The second-order valence-corrected chi connectivity index (χ2v) is 5.83. The van der Waals surface area contributed by atoms with Crippen LogP contribution in [0, 0.1) is 6.92 Å². The predicted octanol–water partition coefficient (Wildman–Crippen LogP) is 3.48. The summed E-state index contributed by atoms with van der Waals surface area (Å²) in [4.78, 5) is 16.7. The number of aromatic nitrogens is 2. The van der Waals surface area contributed by atoms with Crippen molar-refractivity contribution in [2.45, 2.75) is 19.4 Å². The SMILES string of the molecule is Cc1noc([C@@H](NC(=O)Cc2ccc(Cl)cc2)c2ccccc2)n1. The van der Waals surface area contributed by atoms with Gasteiger partial charge >= 0.3 is 0 Å². The Morgan fingerprint density at radius 2 is 1.88 bits per heavy atom. The second kappa shape index (κ2) is 7.27. The Morgan fingerprint density at radius 3 is 2.50 bits per heavy atom. The lowest BCUT2D eigenvalue weighted by Gasteiger charge is -2.15. The van der Waals surface area contributed by atoms with Gasteiger partial charge in [0.2, 0.25) is 5.91 Å². The molecule has 0 aliphatic rings. The number of benzene rings is 2. The first-order chi connectivity index (χ1) is 11.6. The molecule has 24 heavy (non-hydrogen) atoms. The first kappa shape index (κ1) is 16.2. The standard InChI is InChI=1S/C18H16ClN3O2/c1-12-20-18(24-22-12)17(14-5-3-2-4-6-14)21-16(23)11-13-7-9-15(19)10-8-13/h2-10,17H,11H2,1H3,(H,21,23)/t17-/m0/s1. The van der Waals surface area contributed by atoms with Crippen LogP contribution in [0.4, 0.5) is 0 Å². The van der Waals surface area contributed by atoms with Gasteiger partial charge in [-0.1, -0.05) is 59.2 Å². The molecule has 0 spiro atoms. The molecule has 0 bridgehead atoms. The van der Waals surface area contributed by atoms with E-state index in [-0.39, 0.29) is 12.3 Å². The average molecular weight is 342 g/mol. The van der Waals surface area contributed by atoms with Crippen LogP contribution < -0.4 is 5.32 Å². The molecule has 0 aliphatic heterocycles. The average Bonchev–Trinajstić information content (AvgIpc) is 3.02. The molecule has 3 aromatic rings. The van der Waals surface area contributed by atoms with Gasteiger partial charge in [-0.15, -0.1) is 0 Å². The third-order valence-electron chi connectivity index (χ3n) is 3.51. The number of nitrogens with zero attached hydrogens (tertiary/aromatic N) is 2. The molecule has 0 fully saturated rings. The molecule has 0 unspecified atom stereocenters. The summed E-state index contributed by atoms with van der Waals surface area (Å²) in [5.41, 5.74) is 1.76. The highest BCUT2D eigenvalue weighted by atomic mass is 35.5. The molecule has 1 N–H and O–H groups in total. The van der Waals surface area contributed by atoms with Crippen LogP contribution in [-0.2, 0) is 11.2 Å². The minimum atomic E-state index is -0.479. The van der Waals surface area contributed by atoms with E-state index in [1.165, 1.54) is 0 Å². The van der Waals surface area contributed by atoms with Gasteiger partial charge in [0.25, 0.3) is 5.89 Å². The van der Waals surface area contributed by atoms with Gasteiger partial charge in [0, 0.05) is 5.02 Å². The molecule has 1 heterocycles. The van der Waals surface area contributed by atoms with E-state index >= 15 is 0 Å². The van der Waals surface area contributed by atoms with Gasteiger partial charge in [0.1, 0.15) is 6.04 Å². The van der Waals surface area contributed by atoms with E-state index in [0.717, 1.165) is 11.1 Å². The molecule has 0 radical (unpaired) electrons. The first-order valence-electron chi connectivity index (χ1n) is 7.51. The summed E-state index contributed by atoms with van der Waals surface area (Å²) in [6.07, 6.45) is 0.244. The van der Waals surface area contributed by atoms with Crippen LogP contribution in [0.5, 0.6) is 0 Å². The Bertz CT molecular complexity index is 816. The summed E-state index contributed by atoms with van der Waals surface area (Å²) >= 11 is 5.87. The van der Waals surface area contributed by atoms with E-state index in [2.05, 4.69) is 15.5 Å². The van der Waals surface area contributed by atoms with Gasteiger partial charge in [-0.25, -0.2) is 0 Å². The zero-order valence-electron chi connectivity index (χ0n) is 13.1. The Hall–Kier alpha value is -2.66. The third kappa shape index (κ3) is 4.00. The summed E-state index contributed by atoms with van der Waals surface area (Å²) in [5, 5.41) is 7.41. The highest BCUT2D eigenvalue weighted by Crippen LogP contribution is 2.20. The fourth-order valence-electron chi connectivity index (χ4n) is 2.36. The molecule has 1 atom stereocenters. The molecule has 6 heteroatoms. The van der Waals surface area contributed by atoms with Crippen molar-refractivity contribution < 1.29 is 9.32 Å². The van der Waals surface area contributed by atoms with Crippen molar-refractivity contribution in [2.24, 2.45) is 0 Å². The number of nitrogens with one attached hydrogen (secondary N) is 1. The topological polar surface area (TPSA) is 68.0 Å². The molecule has 2 aromatic carbocycles. The first-order valence-corrected chi connectivity index (χ1v) is 7.88. The smallest absolute Gasteiger partial charge is 0.253 e. The monoisotopic (exact) mass is 341 g/mol. The van der Waals surface area contributed by atoms with Crippen LogP contribution in [-0.4, -0.2) is 16.0 Å². The van der Waals surface area contributed by atoms with Gasteiger partial charge in [-0.05, 0) is 30.2 Å². The lowest BCUT2D eigenvalue weighted by molar-refractivity contribution is -0.121. The molecule has 3 rings (SSSR count). The molecule has 0 saturated heterocycles. The van der Waals surface area contributed by atoms with Crippen LogP contribution in [0.1, 0.15) is 28.9 Å². The lowest BCUT2D eigenvalue weighted by Crippen LogP contribution is -2.30. The molecule has 0 aliphatic carbocycles. The number of aryl methyl sites for hydroxylation is 1. The van der Waals surface area contributed by atoms with Crippen molar-refractivity contribution in [3.8, 4) is 0 Å². The van der Waals surface area contributed by atoms with E-state index in [1.807, 2.05) is 42.5 Å². The van der Waals surface area contributed by atoms with Crippen LogP contribution in [0.25, 0.3) is 0 Å². The quantitative estimate of drug-likeness (QED) is 0.771. The minimum Gasteiger partial charge on any atom is -0.340 e. The molecule has 5 nitrogen and oxygen atoms in total. The molecule has 1 aromatic heterocycles. The highest BCUT2D eigenvalue weighted by molar-refractivity contribution is 6.30. The van der Waals surface area contributed by atoms with E-state index in [1.54, 1.807) is 19.1 Å². The Balaban J connectivity index is 1.79. The van der Waals surface area contributed by atoms with E-state index in [0.29, 0.717) is 16.7 Å². The Kier molecular flexibility index (Phi) is 4.91. The van der Waals surface area contributed by atoms with E-state index in [9.17, 15) is 4.79 Å². The molecular formula is C18H16ClN3O2. The van der Waals surface area contributed by atoms with Gasteiger partial charge in [0.15, 0.2) is 5.82 Å². The van der Waals surface area contributed by atoms with E-state index in [4.69, 9.17) is 16.1 Å². The lowest BCUT2D eigenvalue weighted by atomic mass is 10.1. The van der Waals surface area contributed by atoms with Gasteiger partial charge in [0.05, 0.1) is 6.42 Å². The van der Waals surface area contributed by atoms with Gasteiger partial charge in [-0.3, -0.25) is 4.79 Å². The fourth-order valence-corrected chi connectivity index (χ4v) is 2.49. The maximum atomic E-state index is 12.4.